The zero-order chi connectivity index (χ0) is 15.2. The normalized spacial score (nSPS) is 18.6. The molecule has 0 radical (unpaired) electrons. The zero-order valence-corrected chi connectivity index (χ0v) is 13.4. The summed E-state index contributed by atoms with van der Waals surface area (Å²) in [7, 11) is 1.37. The highest BCUT2D eigenvalue weighted by Gasteiger charge is 2.26. The van der Waals surface area contributed by atoms with E-state index in [1.54, 1.807) is 11.3 Å². The highest BCUT2D eigenvalue weighted by atomic mass is 32.1. The van der Waals surface area contributed by atoms with E-state index in [0.717, 1.165) is 36.6 Å². The first kappa shape index (κ1) is 15.9. The Morgan fingerprint density at radius 1 is 1.48 bits per heavy atom. The molecule has 0 N–H and O–H groups in total. The fourth-order valence-corrected chi connectivity index (χ4v) is 3.53. The highest BCUT2D eigenvalue weighted by Crippen LogP contribution is 2.29. The van der Waals surface area contributed by atoms with Gasteiger partial charge in [0.05, 0.1) is 12.1 Å². The molecule has 0 bridgehead atoms. The van der Waals surface area contributed by atoms with Crippen molar-refractivity contribution >= 4 is 23.2 Å². The Balaban J connectivity index is 1.83. The Kier molecular flexibility index (Phi) is 5.73. The van der Waals surface area contributed by atoms with Crippen molar-refractivity contribution in [2.75, 3.05) is 20.2 Å². The number of methoxy groups -OCH3 is 1. The van der Waals surface area contributed by atoms with E-state index in [1.165, 1.54) is 7.11 Å². The van der Waals surface area contributed by atoms with Gasteiger partial charge >= 0.3 is 5.97 Å². The van der Waals surface area contributed by atoms with Crippen molar-refractivity contribution in [1.29, 1.82) is 0 Å². The first-order valence-corrected chi connectivity index (χ1v) is 8.24. The van der Waals surface area contributed by atoms with Crippen LogP contribution < -0.4 is 0 Å². The van der Waals surface area contributed by atoms with Crippen molar-refractivity contribution in [2.45, 2.75) is 44.9 Å². The third kappa shape index (κ3) is 4.52. The van der Waals surface area contributed by atoms with Gasteiger partial charge in [-0.25, -0.2) is 4.98 Å². The lowest BCUT2D eigenvalue weighted by Crippen LogP contribution is -2.39. The van der Waals surface area contributed by atoms with E-state index in [9.17, 15) is 9.59 Å². The van der Waals surface area contributed by atoms with Crippen LogP contribution >= 0.6 is 11.3 Å². The molecule has 1 aliphatic heterocycles. The van der Waals surface area contributed by atoms with Crippen molar-refractivity contribution < 1.29 is 14.3 Å². The summed E-state index contributed by atoms with van der Waals surface area (Å²) >= 11 is 1.68. The van der Waals surface area contributed by atoms with Crippen LogP contribution in [0.5, 0.6) is 0 Å². The smallest absolute Gasteiger partial charge is 0.305 e. The molecule has 0 aromatic carbocycles. The van der Waals surface area contributed by atoms with Crippen LogP contribution in [0.4, 0.5) is 0 Å². The molecule has 1 atom stereocenters. The fourth-order valence-electron chi connectivity index (χ4n) is 2.61. The van der Waals surface area contributed by atoms with Crippen molar-refractivity contribution in [3.8, 4) is 0 Å². The number of likely N-dealkylation sites (tertiary alicyclic amines) is 1. The lowest BCUT2D eigenvalue weighted by molar-refractivity contribution is -0.141. The summed E-state index contributed by atoms with van der Waals surface area (Å²) in [6, 6.07) is 0. The van der Waals surface area contributed by atoms with Crippen LogP contribution in [-0.4, -0.2) is 42.0 Å². The second-order valence-electron chi connectivity index (χ2n) is 5.44. The second kappa shape index (κ2) is 7.54. The van der Waals surface area contributed by atoms with Crippen molar-refractivity contribution in [3.63, 3.8) is 0 Å². The molecule has 1 aromatic heterocycles. The monoisotopic (exact) mass is 310 g/mol. The number of carbonyl (C=O) groups excluding carboxylic acids is 2. The van der Waals surface area contributed by atoms with Gasteiger partial charge in [0.2, 0.25) is 5.91 Å². The van der Waals surface area contributed by atoms with Gasteiger partial charge in [-0.1, -0.05) is 0 Å². The number of piperidine rings is 1. The SMILES string of the molecule is COC(=O)CCCC(=O)N1CCC[C@@H](c2nc(C)cs2)C1. The average molecular weight is 310 g/mol. The first-order chi connectivity index (χ1) is 10.1. The van der Waals surface area contributed by atoms with Gasteiger partial charge in [-0.05, 0) is 26.2 Å². The van der Waals surface area contributed by atoms with Crippen LogP contribution in [0.2, 0.25) is 0 Å². The first-order valence-electron chi connectivity index (χ1n) is 7.36. The number of aryl methyl sites for hydroxylation is 1. The number of esters is 1. The van der Waals surface area contributed by atoms with Crippen molar-refractivity contribution in [3.05, 3.63) is 16.1 Å². The molecule has 0 spiro atoms. The molecule has 0 saturated carbocycles. The lowest BCUT2D eigenvalue weighted by atomic mass is 9.98. The summed E-state index contributed by atoms with van der Waals surface area (Å²) in [6.45, 7) is 3.57. The number of ether oxygens (including phenoxy) is 1. The minimum Gasteiger partial charge on any atom is -0.469 e. The Morgan fingerprint density at radius 3 is 2.95 bits per heavy atom. The third-order valence-corrected chi connectivity index (χ3v) is 4.88. The fraction of sp³-hybridized carbons (Fsp3) is 0.667. The van der Waals surface area contributed by atoms with Crippen LogP contribution in [0.3, 0.4) is 0 Å². The van der Waals surface area contributed by atoms with Gasteiger partial charge in [0.1, 0.15) is 0 Å². The van der Waals surface area contributed by atoms with E-state index in [-0.39, 0.29) is 11.9 Å². The van der Waals surface area contributed by atoms with Gasteiger partial charge < -0.3 is 9.64 Å². The maximum Gasteiger partial charge on any atom is 0.305 e. The molecule has 0 aliphatic carbocycles. The van der Waals surface area contributed by atoms with Gasteiger partial charge in [0, 0.05) is 42.9 Å². The Hall–Kier alpha value is -1.43. The molecule has 2 rings (SSSR count). The average Bonchev–Trinajstić information content (AvgIpc) is 2.93. The molecular formula is C15H22N2O3S. The molecule has 1 amide bonds. The van der Waals surface area contributed by atoms with Gasteiger partial charge in [0.15, 0.2) is 0 Å². The van der Waals surface area contributed by atoms with Crippen LogP contribution in [0.25, 0.3) is 0 Å². The Labute approximate surface area is 129 Å². The number of aromatic nitrogens is 1. The highest BCUT2D eigenvalue weighted by molar-refractivity contribution is 7.09. The zero-order valence-electron chi connectivity index (χ0n) is 12.6. The quantitative estimate of drug-likeness (QED) is 0.784. The Morgan fingerprint density at radius 2 is 2.29 bits per heavy atom. The number of thiazole rings is 1. The van der Waals surface area contributed by atoms with Crippen LogP contribution in [-0.2, 0) is 14.3 Å². The largest absolute Gasteiger partial charge is 0.469 e. The Bertz CT molecular complexity index is 501. The molecule has 21 heavy (non-hydrogen) atoms. The van der Waals surface area contributed by atoms with Gasteiger partial charge in [-0.2, -0.15) is 0 Å². The number of amides is 1. The van der Waals surface area contributed by atoms with E-state index in [4.69, 9.17) is 0 Å². The maximum atomic E-state index is 12.2. The van der Waals surface area contributed by atoms with Crippen LogP contribution in [0.1, 0.15) is 48.7 Å². The minimum absolute atomic E-state index is 0.136. The maximum absolute atomic E-state index is 12.2. The molecule has 1 saturated heterocycles. The number of nitrogens with zero attached hydrogens (tertiary/aromatic N) is 2. The summed E-state index contributed by atoms with van der Waals surface area (Å²) in [5.74, 6) is 0.247. The molecular weight excluding hydrogens is 288 g/mol. The summed E-state index contributed by atoms with van der Waals surface area (Å²) in [4.78, 5) is 29.7. The minimum atomic E-state index is -0.252. The van der Waals surface area contributed by atoms with Crippen molar-refractivity contribution in [1.82, 2.24) is 9.88 Å². The van der Waals surface area contributed by atoms with E-state index >= 15 is 0 Å². The molecule has 0 unspecified atom stereocenters. The molecule has 1 aromatic rings. The van der Waals surface area contributed by atoms with E-state index in [1.807, 2.05) is 11.8 Å². The summed E-state index contributed by atoms with van der Waals surface area (Å²) < 4.78 is 4.58. The van der Waals surface area contributed by atoms with Gasteiger partial charge in [-0.3, -0.25) is 9.59 Å². The molecule has 2 heterocycles. The summed E-state index contributed by atoms with van der Waals surface area (Å²) in [5, 5.41) is 3.20. The number of rotatable bonds is 5. The van der Waals surface area contributed by atoms with E-state index < -0.39 is 0 Å². The summed E-state index contributed by atoms with van der Waals surface area (Å²) in [5.41, 5.74) is 1.05. The van der Waals surface area contributed by atoms with E-state index in [0.29, 0.717) is 25.2 Å². The standard InChI is InChI=1S/C15H22N2O3S/c1-11-10-21-15(16-11)12-5-4-8-17(9-12)13(18)6-3-7-14(19)20-2/h10,12H,3-9H2,1-2H3/t12-/m1/s1. The van der Waals surface area contributed by atoms with Gasteiger partial charge in [0.25, 0.3) is 0 Å². The summed E-state index contributed by atoms with van der Waals surface area (Å²) in [6.07, 6.45) is 3.40. The molecule has 1 fully saturated rings. The predicted octanol–water partition coefficient (Wildman–Crippen LogP) is 2.50. The molecule has 5 nitrogen and oxygen atoms in total. The molecule has 6 heteroatoms. The van der Waals surface area contributed by atoms with Crippen LogP contribution in [0.15, 0.2) is 5.38 Å². The second-order valence-corrected chi connectivity index (χ2v) is 6.33. The number of hydrogen-bond acceptors (Lipinski definition) is 5. The van der Waals surface area contributed by atoms with Gasteiger partial charge in [-0.15, -0.1) is 11.3 Å². The predicted molar refractivity (Wildman–Crippen MR) is 81.3 cm³/mol. The third-order valence-electron chi connectivity index (χ3n) is 3.76. The topological polar surface area (TPSA) is 59.5 Å². The number of hydrogen-bond donors (Lipinski definition) is 0. The lowest BCUT2D eigenvalue weighted by Gasteiger charge is -2.32. The van der Waals surface area contributed by atoms with E-state index in [2.05, 4.69) is 15.1 Å². The molecule has 1 aliphatic rings. The number of carbonyl (C=O) groups is 2. The van der Waals surface area contributed by atoms with Crippen LogP contribution in [0, 0.1) is 6.92 Å². The van der Waals surface area contributed by atoms with Crippen molar-refractivity contribution in [2.24, 2.45) is 0 Å². The molecule has 116 valence electrons.